The quantitative estimate of drug-likeness (QED) is 0.780. The van der Waals surface area contributed by atoms with E-state index in [1.54, 1.807) is 0 Å². The van der Waals surface area contributed by atoms with Crippen LogP contribution in [0.3, 0.4) is 0 Å². The van der Waals surface area contributed by atoms with Crippen molar-refractivity contribution in [3.8, 4) is 0 Å². The molecule has 1 aliphatic carbocycles. The Labute approximate surface area is 121 Å². The van der Waals surface area contributed by atoms with Gasteiger partial charge in [-0.2, -0.15) is 0 Å². The number of aliphatic hydroxyl groups excluding tert-OH is 2. The minimum absolute atomic E-state index is 0.561. The fraction of sp³-hybridized carbons (Fsp3) is 0.533. The SMILES string of the molecule is CC1(C)c2cc(C=O)c(Br)cc2C(C)(C)[C@@H](O)[C@H]1O. The van der Waals surface area contributed by atoms with Crippen LogP contribution in [0.5, 0.6) is 0 Å². The molecule has 0 aromatic heterocycles. The Kier molecular flexibility index (Phi) is 3.40. The summed E-state index contributed by atoms with van der Waals surface area (Å²) in [4.78, 5) is 11.1. The molecule has 0 amide bonds. The van der Waals surface area contributed by atoms with Crippen LogP contribution in [0.4, 0.5) is 0 Å². The van der Waals surface area contributed by atoms with Crippen LogP contribution in [0, 0.1) is 0 Å². The van der Waals surface area contributed by atoms with Gasteiger partial charge in [0.25, 0.3) is 0 Å². The molecule has 0 saturated heterocycles. The fourth-order valence-electron chi connectivity index (χ4n) is 2.85. The van der Waals surface area contributed by atoms with Crippen molar-refractivity contribution in [1.29, 1.82) is 0 Å². The molecule has 104 valence electrons. The van der Waals surface area contributed by atoms with E-state index in [2.05, 4.69) is 15.9 Å². The molecule has 2 rings (SSSR count). The molecule has 0 heterocycles. The number of carbonyl (C=O) groups is 1. The molecule has 0 spiro atoms. The summed E-state index contributed by atoms with van der Waals surface area (Å²) in [5.41, 5.74) is 1.29. The minimum Gasteiger partial charge on any atom is -0.389 e. The summed E-state index contributed by atoms with van der Waals surface area (Å²) in [6.07, 6.45) is -0.912. The molecule has 1 aromatic rings. The van der Waals surface area contributed by atoms with Crippen LogP contribution in [-0.4, -0.2) is 28.7 Å². The number of benzene rings is 1. The van der Waals surface area contributed by atoms with E-state index >= 15 is 0 Å². The first-order valence-electron chi connectivity index (χ1n) is 6.30. The molecular formula is C15H19BrO3. The molecule has 2 atom stereocenters. The summed E-state index contributed by atoms with van der Waals surface area (Å²) in [6.45, 7) is 7.58. The number of hydrogen-bond acceptors (Lipinski definition) is 3. The van der Waals surface area contributed by atoms with Crippen molar-refractivity contribution in [2.24, 2.45) is 0 Å². The summed E-state index contributed by atoms with van der Waals surface area (Å²) in [5, 5.41) is 20.7. The summed E-state index contributed by atoms with van der Waals surface area (Å²) < 4.78 is 0.716. The van der Waals surface area contributed by atoms with E-state index in [4.69, 9.17) is 0 Å². The van der Waals surface area contributed by atoms with Gasteiger partial charge in [-0.1, -0.05) is 43.6 Å². The van der Waals surface area contributed by atoms with Crippen LogP contribution in [0.1, 0.15) is 49.2 Å². The smallest absolute Gasteiger partial charge is 0.151 e. The van der Waals surface area contributed by atoms with Gasteiger partial charge in [0.15, 0.2) is 6.29 Å². The molecule has 0 aliphatic heterocycles. The first-order chi connectivity index (χ1) is 8.64. The molecule has 2 N–H and O–H groups in total. The number of halogens is 1. The van der Waals surface area contributed by atoms with Gasteiger partial charge in [-0.25, -0.2) is 0 Å². The molecule has 1 aliphatic rings. The number of hydrogen-bond donors (Lipinski definition) is 2. The zero-order valence-electron chi connectivity index (χ0n) is 11.6. The largest absolute Gasteiger partial charge is 0.389 e. The molecule has 0 fully saturated rings. The molecule has 3 nitrogen and oxygen atoms in total. The molecule has 4 heteroatoms. The Balaban J connectivity index is 2.80. The Morgan fingerprint density at radius 3 is 1.89 bits per heavy atom. The third kappa shape index (κ3) is 1.97. The van der Waals surface area contributed by atoms with Crippen molar-refractivity contribution in [3.05, 3.63) is 33.3 Å². The Hall–Kier alpha value is -0.710. The van der Waals surface area contributed by atoms with Crippen LogP contribution in [0.2, 0.25) is 0 Å². The number of aliphatic hydroxyl groups is 2. The number of rotatable bonds is 1. The van der Waals surface area contributed by atoms with Crippen LogP contribution < -0.4 is 0 Å². The van der Waals surface area contributed by atoms with Crippen molar-refractivity contribution < 1.29 is 15.0 Å². The summed E-state index contributed by atoms with van der Waals surface area (Å²) in [6, 6.07) is 3.69. The van der Waals surface area contributed by atoms with Crippen LogP contribution >= 0.6 is 15.9 Å². The minimum atomic E-state index is -0.865. The lowest BCUT2D eigenvalue weighted by Crippen LogP contribution is -2.56. The van der Waals surface area contributed by atoms with Gasteiger partial charge in [0.1, 0.15) is 0 Å². The van der Waals surface area contributed by atoms with Gasteiger partial charge in [-0.3, -0.25) is 4.79 Å². The molecular weight excluding hydrogens is 308 g/mol. The summed E-state index contributed by atoms with van der Waals surface area (Å²) in [5.74, 6) is 0. The van der Waals surface area contributed by atoms with E-state index in [1.807, 2.05) is 39.8 Å². The third-order valence-electron chi connectivity index (χ3n) is 4.43. The van der Waals surface area contributed by atoms with Crippen LogP contribution in [0.15, 0.2) is 16.6 Å². The summed E-state index contributed by atoms with van der Waals surface area (Å²) in [7, 11) is 0. The highest BCUT2D eigenvalue weighted by Gasteiger charge is 2.50. The van der Waals surface area contributed by atoms with Gasteiger partial charge in [0, 0.05) is 20.9 Å². The maximum Gasteiger partial charge on any atom is 0.151 e. The van der Waals surface area contributed by atoms with Crippen molar-refractivity contribution in [3.63, 3.8) is 0 Å². The molecule has 0 unspecified atom stereocenters. The lowest BCUT2D eigenvalue weighted by atomic mass is 9.60. The van der Waals surface area contributed by atoms with Crippen molar-refractivity contribution in [2.45, 2.75) is 50.7 Å². The topological polar surface area (TPSA) is 57.5 Å². The van der Waals surface area contributed by atoms with Gasteiger partial charge < -0.3 is 10.2 Å². The lowest BCUT2D eigenvalue weighted by molar-refractivity contribution is -0.0673. The average Bonchev–Trinajstić information content (AvgIpc) is 2.34. The van der Waals surface area contributed by atoms with Crippen molar-refractivity contribution >= 4 is 22.2 Å². The highest BCUT2D eigenvalue weighted by Crippen LogP contribution is 2.47. The fourth-order valence-corrected chi connectivity index (χ4v) is 3.29. The Morgan fingerprint density at radius 2 is 1.47 bits per heavy atom. The molecule has 0 radical (unpaired) electrons. The molecule has 0 saturated carbocycles. The molecule has 0 bridgehead atoms. The molecule has 1 aromatic carbocycles. The maximum absolute atomic E-state index is 11.1. The molecule has 19 heavy (non-hydrogen) atoms. The average molecular weight is 327 g/mol. The van der Waals surface area contributed by atoms with E-state index in [9.17, 15) is 15.0 Å². The number of carbonyl (C=O) groups excluding carboxylic acids is 1. The normalized spacial score (nSPS) is 27.7. The standard InChI is InChI=1S/C15H19BrO3/c1-14(2)9-5-8(7-17)11(16)6-10(9)15(3,4)13(19)12(14)18/h5-7,12-13,18-19H,1-4H3/t12-,13+/m1/s1. The Bertz CT molecular complexity index is 534. The van der Waals surface area contributed by atoms with E-state index < -0.39 is 23.0 Å². The second-order valence-electron chi connectivity index (χ2n) is 6.37. The van der Waals surface area contributed by atoms with E-state index in [0.717, 1.165) is 17.4 Å². The predicted molar refractivity (Wildman–Crippen MR) is 77.6 cm³/mol. The highest BCUT2D eigenvalue weighted by atomic mass is 79.9. The second-order valence-corrected chi connectivity index (χ2v) is 7.22. The highest BCUT2D eigenvalue weighted by molar-refractivity contribution is 9.10. The zero-order chi connectivity index (χ0) is 14.6. The summed E-state index contributed by atoms with van der Waals surface area (Å²) >= 11 is 3.38. The van der Waals surface area contributed by atoms with Crippen LogP contribution in [0.25, 0.3) is 0 Å². The maximum atomic E-state index is 11.1. The van der Waals surface area contributed by atoms with Crippen molar-refractivity contribution in [1.82, 2.24) is 0 Å². The van der Waals surface area contributed by atoms with Gasteiger partial charge >= 0.3 is 0 Å². The third-order valence-corrected chi connectivity index (χ3v) is 5.12. The van der Waals surface area contributed by atoms with Crippen molar-refractivity contribution in [2.75, 3.05) is 0 Å². The van der Waals surface area contributed by atoms with Gasteiger partial charge in [0.05, 0.1) is 12.2 Å². The number of fused-ring (bicyclic) bond motifs is 1. The van der Waals surface area contributed by atoms with Gasteiger partial charge in [-0.05, 0) is 23.3 Å². The van der Waals surface area contributed by atoms with E-state index in [1.165, 1.54) is 0 Å². The first kappa shape index (κ1) is 14.7. The first-order valence-corrected chi connectivity index (χ1v) is 7.09. The second kappa shape index (κ2) is 4.40. The van der Waals surface area contributed by atoms with E-state index in [0.29, 0.717) is 10.0 Å². The van der Waals surface area contributed by atoms with E-state index in [-0.39, 0.29) is 0 Å². The predicted octanol–water partition coefficient (Wildman–Crippen LogP) is 2.55. The lowest BCUT2D eigenvalue weighted by Gasteiger charge is -2.49. The van der Waals surface area contributed by atoms with Crippen LogP contribution in [-0.2, 0) is 10.8 Å². The Morgan fingerprint density at radius 1 is 1.05 bits per heavy atom. The van der Waals surface area contributed by atoms with Gasteiger partial charge in [-0.15, -0.1) is 0 Å². The monoisotopic (exact) mass is 326 g/mol. The number of aldehydes is 1. The zero-order valence-corrected chi connectivity index (χ0v) is 13.2. The van der Waals surface area contributed by atoms with Gasteiger partial charge in [0.2, 0.25) is 0 Å².